The van der Waals surface area contributed by atoms with Gasteiger partial charge in [-0.2, -0.15) is 34.3 Å². The first-order chi connectivity index (χ1) is 38.8. The van der Waals surface area contributed by atoms with Crippen molar-refractivity contribution in [3.8, 4) is 0 Å². The first kappa shape index (κ1) is 76.9. The van der Waals surface area contributed by atoms with Crippen molar-refractivity contribution in [2.45, 2.75) is 53.6 Å². The van der Waals surface area contributed by atoms with Crippen LogP contribution in [0.4, 0.5) is 30.2 Å². The molecule has 23 nitrogen and oxygen atoms in total. The van der Waals surface area contributed by atoms with Crippen LogP contribution in [-0.2, 0) is 45.0 Å². The summed E-state index contributed by atoms with van der Waals surface area (Å²) in [6.45, 7) is 6.54. The number of carbonyl (C=O) groups excluding carboxylic acids is 3. The second kappa shape index (κ2) is 33.4. The summed E-state index contributed by atoms with van der Waals surface area (Å²) in [6.07, 6.45) is 7.52. The number of nitrogens with zero attached hydrogens (tertiary/aromatic N) is 8. The molecule has 3 radical (unpaired) electrons. The maximum atomic E-state index is 13.3. The van der Waals surface area contributed by atoms with Crippen molar-refractivity contribution in [3.63, 3.8) is 0 Å². The number of anilines is 3. The number of Topliss-reactive ketones (excluding diaryl/α,β-unsaturated/α-hetero) is 1. The third-order valence-corrected chi connectivity index (χ3v) is 18.9. The Balaban J connectivity index is 0.000000588. The molecule has 6 aromatic rings. The number of amides is 2. The molecule has 1 saturated heterocycles. The molecule has 3 aromatic carbocycles. The molecule has 0 aliphatic carbocycles. The van der Waals surface area contributed by atoms with Crippen LogP contribution < -0.4 is 50.6 Å². The van der Waals surface area contributed by atoms with Crippen LogP contribution in [0.15, 0.2) is 106 Å². The number of aliphatic hydroxyl groups excluding tert-OH is 2. The average molecular weight is 1380 g/mol. The van der Waals surface area contributed by atoms with Gasteiger partial charge >= 0.3 is 50.0 Å². The number of rotatable bonds is 9. The number of nitrogen functional groups attached to an aromatic ring is 1. The van der Waals surface area contributed by atoms with Gasteiger partial charge in [0.1, 0.15) is 41.5 Å². The third kappa shape index (κ3) is 20.7. The number of aryl methyl sites for hydroxylation is 3. The number of aliphatic hydroxyl groups is 2. The zero-order valence-electron chi connectivity index (χ0n) is 46.9. The van der Waals surface area contributed by atoms with Gasteiger partial charge in [-0.3, -0.25) is 18.7 Å². The van der Waals surface area contributed by atoms with Crippen LogP contribution in [0.25, 0.3) is 0 Å². The summed E-state index contributed by atoms with van der Waals surface area (Å²) in [5, 5.41) is 23.6. The zero-order chi connectivity index (χ0) is 61.9. The fraction of sp³-hybridized carbons (Fsp3) is 0.265. The van der Waals surface area contributed by atoms with Crippen LogP contribution in [0.2, 0.25) is 15.1 Å². The van der Waals surface area contributed by atoms with Crippen LogP contribution in [0.3, 0.4) is 0 Å². The minimum absolute atomic E-state index is 0. The number of carbonyl (C=O) groups is 3. The Hall–Kier alpha value is -5.21. The van der Waals surface area contributed by atoms with Crippen molar-refractivity contribution in [3.05, 3.63) is 159 Å². The van der Waals surface area contributed by atoms with E-state index in [9.17, 15) is 52.8 Å². The van der Waals surface area contributed by atoms with Gasteiger partial charge in [-0.15, -0.1) is 42.8 Å². The van der Waals surface area contributed by atoms with E-state index in [1.54, 1.807) is 27.0 Å². The average Bonchev–Trinajstić information content (AvgIpc) is 2.69. The van der Waals surface area contributed by atoms with E-state index >= 15 is 0 Å². The SMILES string of the molecule is C.CCO.Cc1ncc(C2=NS(=O)(=O)N(C)C(C(=O)CO)=C2)s1.Cc1ncc(C2=NS(=O)(=O)N(C)C(C(=O)Nc3ccc(F)c(Cl)c3)=C2)s1.Cc1ncc(C2CC(C(=O)Nc3ccc(F)c(Cl)c3)N(C)S(=O)(=O)N2)s1.Nc1ccc(F)c(Cl)c1.[B].[H-].[Na+]. The molecule has 6 heterocycles. The van der Waals surface area contributed by atoms with E-state index in [-0.39, 0.29) is 109 Å². The minimum atomic E-state index is -4.07. The molecular formula is C49H55BCl3F3N12NaO11S6. The Morgan fingerprint density at radius 2 is 1.13 bits per heavy atom. The summed E-state index contributed by atoms with van der Waals surface area (Å²) < 4.78 is 124. The van der Waals surface area contributed by atoms with E-state index in [0.29, 0.717) is 15.4 Å². The van der Waals surface area contributed by atoms with E-state index in [2.05, 4.69) is 39.1 Å². The second-order valence-electron chi connectivity index (χ2n) is 16.9. The normalized spacial score (nSPS) is 17.0. The number of nitrogens with one attached hydrogen (secondary N) is 3. The van der Waals surface area contributed by atoms with Crippen LogP contribution in [-0.4, -0.2) is 141 Å². The quantitative estimate of drug-likeness (QED) is 0.0857. The number of benzene rings is 3. The Kier molecular flexibility index (Phi) is 29.9. The van der Waals surface area contributed by atoms with Crippen LogP contribution in [0.5, 0.6) is 0 Å². The van der Waals surface area contributed by atoms with Gasteiger partial charge in [0.15, 0.2) is 0 Å². The molecular weight excluding hydrogens is 1320 g/mol. The summed E-state index contributed by atoms with van der Waals surface area (Å²) in [6, 6.07) is 9.99. The maximum absolute atomic E-state index is 13.3. The summed E-state index contributed by atoms with van der Waals surface area (Å²) in [5.74, 6) is -3.58. The number of hydrogen-bond donors (Lipinski definition) is 6. The van der Waals surface area contributed by atoms with Gasteiger partial charge in [0.25, 0.3) is 16.1 Å². The van der Waals surface area contributed by atoms with Crippen molar-refractivity contribution in [1.82, 2.24) is 32.6 Å². The predicted molar refractivity (Wildman–Crippen MR) is 328 cm³/mol. The van der Waals surface area contributed by atoms with E-state index < -0.39 is 84.4 Å². The zero-order valence-corrected chi connectivity index (χ0v) is 55.0. The van der Waals surface area contributed by atoms with Crippen molar-refractivity contribution in [1.29, 1.82) is 0 Å². The number of hydrogen-bond acceptors (Lipinski definition) is 18. The molecule has 0 spiro atoms. The van der Waals surface area contributed by atoms with Gasteiger partial charge in [-0.1, -0.05) is 42.2 Å². The van der Waals surface area contributed by atoms with Crippen molar-refractivity contribution in [2.75, 3.05) is 50.7 Å². The number of nitrogens with two attached hydrogens (primary N) is 1. The molecule has 0 bridgehead atoms. The van der Waals surface area contributed by atoms with E-state index in [1.165, 1.54) is 122 Å². The van der Waals surface area contributed by atoms with E-state index in [4.69, 9.17) is 50.7 Å². The maximum Gasteiger partial charge on any atom is 1.00 e. The smallest absolute Gasteiger partial charge is 1.00 e. The predicted octanol–water partition coefficient (Wildman–Crippen LogP) is 4.52. The number of ketones is 1. The molecule has 1 fully saturated rings. The second-order valence-corrected chi connectivity index (χ2v) is 26.9. The fourth-order valence-electron chi connectivity index (χ4n) is 6.77. The molecule has 2 amide bonds. The standard InChI is InChI=1S/C15H16ClFN4O3S2.C15H12ClFN4O3S2.C10H11N3O4S2.C6H5ClFN.C2H6O.CH4.B.Na.H/c2*1-8-18-7-14(25-8)12-6-13(21(2)26(23,24)20-12)15(22)19-9-3-4-11(17)10(16)5-9;1-6-11-4-10(18-6)7-3-8(9(15)5-14)13(2)19(16,17)12-7;7-5-3-4(9)1-2-6(5)8;1-2-3;;;;/h3-5,7,12-13,20H,6H2,1-2H3,(H,19,22);3-7H,1-2H3,(H,19,22);3-4,14H,5H2,1-2H3;1-3H,9H2;3H,2H2,1H3;1H4;;;/q;;;;;;;+1;-1. The van der Waals surface area contributed by atoms with Gasteiger partial charge in [0.2, 0.25) is 11.7 Å². The molecule has 2 unspecified atom stereocenters. The molecule has 2 atom stereocenters. The number of aromatic nitrogens is 3. The summed E-state index contributed by atoms with van der Waals surface area (Å²) in [4.78, 5) is 50.8. The van der Waals surface area contributed by atoms with E-state index in [1.807, 2.05) is 6.92 Å². The van der Waals surface area contributed by atoms with E-state index in [0.717, 1.165) is 44.9 Å². The first-order valence-electron chi connectivity index (χ1n) is 23.4. The van der Waals surface area contributed by atoms with Crippen LogP contribution in [0.1, 0.15) is 57.9 Å². The van der Waals surface area contributed by atoms with Crippen LogP contribution >= 0.6 is 68.8 Å². The van der Waals surface area contributed by atoms with Crippen molar-refractivity contribution >= 4 is 154 Å². The molecule has 7 N–H and O–H groups in total. The Labute approximate surface area is 547 Å². The van der Waals surface area contributed by atoms with Crippen LogP contribution in [0, 0.1) is 38.2 Å². The number of allylic oxidation sites excluding steroid dienone is 2. The van der Waals surface area contributed by atoms with Gasteiger partial charge in [-0.25, -0.2) is 32.4 Å². The monoisotopic (exact) mass is 1380 g/mol. The number of likely N-dealkylation sites (N-methyl/N-ethyl adjacent to an activating group) is 3. The molecule has 86 heavy (non-hydrogen) atoms. The molecule has 3 aromatic heterocycles. The van der Waals surface area contributed by atoms with Crippen molar-refractivity contribution < 1.29 is 94.0 Å². The topological polar surface area (TPSA) is 329 Å². The Morgan fingerprint density at radius 1 is 0.709 bits per heavy atom. The summed E-state index contributed by atoms with van der Waals surface area (Å²) >= 11 is 20.7. The molecule has 459 valence electrons. The molecule has 3 aliphatic heterocycles. The van der Waals surface area contributed by atoms with Gasteiger partial charge in [0.05, 0.1) is 57.3 Å². The fourth-order valence-corrected chi connectivity index (χ4v) is 12.9. The molecule has 0 saturated carbocycles. The Bertz CT molecular complexity index is 3910. The molecule has 3 aliphatic rings. The molecule has 9 rings (SSSR count). The Morgan fingerprint density at radius 3 is 1.53 bits per heavy atom. The van der Waals surface area contributed by atoms with Gasteiger partial charge in [-0.05, 0) is 101 Å². The first-order valence-corrected chi connectivity index (χ1v) is 31.2. The molecule has 37 heteroatoms. The number of thiazole rings is 3. The van der Waals surface area contributed by atoms with Gasteiger partial charge < -0.3 is 28.0 Å². The van der Waals surface area contributed by atoms with Crippen molar-refractivity contribution in [2.24, 2.45) is 8.80 Å². The van der Waals surface area contributed by atoms with Gasteiger partial charge in [0, 0.05) is 76.7 Å². The third-order valence-electron chi connectivity index (χ3n) is 10.9. The summed E-state index contributed by atoms with van der Waals surface area (Å²) in [5.41, 5.74) is 6.29. The largest absolute Gasteiger partial charge is 1.00 e. The summed E-state index contributed by atoms with van der Waals surface area (Å²) in [7, 11) is -8.09. The minimum Gasteiger partial charge on any atom is -1.00 e. The number of halogens is 6.